The second-order valence-electron chi connectivity index (χ2n) is 7.72. The highest BCUT2D eigenvalue weighted by atomic mass is 16.6. The van der Waals surface area contributed by atoms with Crippen molar-refractivity contribution in [3.8, 4) is 0 Å². The van der Waals surface area contributed by atoms with Crippen molar-refractivity contribution in [2.24, 2.45) is 0 Å². The summed E-state index contributed by atoms with van der Waals surface area (Å²) in [5.74, 6) is -0.155. The van der Waals surface area contributed by atoms with Crippen LogP contribution in [0, 0.1) is 0 Å². The third-order valence-electron chi connectivity index (χ3n) is 5.94. The summed E-state index contributed by atoms with van der Waals surface area (Å²) in [7, 11) is 0. The number of piperazine rings is 1. The van der Waals surface area contributed by atoms with Crippen LogP contribution in [-0.2, 0) is 4.74 Å². The zero-order valence-corrected chi connectivity index (χ0v) is 17.2. The Morgan fingerprint density at radius 2 is 1.83 bits per heavy atom. The van der Waals surface area contributed by atoms with E-state index in [0.29, 0.717) is 43.6 Å². The first-order chi connectivity index (χ1) is 14.6. The van der Waals surface area contributed by atoms with Gasteiger partial charge in [-0.15, -0.1) is 0 Å². The Hall–Kier alpha value is -2.94. The van der Waals surface area contributed by atoms with Crippen LogP contribution in [0.3, 0.4) is 0 Å². The first-order valence-corrected chi connectivity index (χ1v) is 10.5. The third-order valence-corrected chi connectivity index (χ3v) is 5.94. The number of aromatic nitrogens is 2. The number of nitrogens with one attached hydrogen (secondary N) is 1. The summed E-state index contributed by atoms with van der Waals surface area (Å²) in [5.41, 5.74) is -0.00359. The minimum Gasteiger partial charge on any atom is -0.450 e. The predicted octanol–water partition coefficient (Wildman–Crippen LogP) is 1.30. The van der Waals surface area contributed by atoms with Crippen LogP contribution in [0.4, 0.5) is 4.79 Å². The van der Waals surface area contributed by atoms with Gasteiger partial charge in [-0.1, -0.05) is 18.2 Å². The van der Waals surface area contributed by atoms with Crippen molar-refractivity contribution in [2.45, 2.75) is 25.8 Å². The number of amides is 2. The van der Waals surface area contributed by atoms with E-state index in [1.165, 1.54) is 0 Å². The summed E-state index contributed by atoms with van der Waals surface area (Å²) in [6.45, 7) is 6.29. The van der Waals surface area contributed by atoms with Gasteiger partial charge in [0.1, 0.15) is 0 Å². The molecule has 30 heavy (non-hydrogen) atoms. The minimum absolute atomic E-state index is 0.155. The van der Waals surface area contributed by atoms with Crippen LogP contribution < -0.4 is 5.56 Å². The second kappa shape index (κ2) is 8.83. The number of ether oxygens (including phenoxy) is 1. The summed E-state index contributed by atoms with van der Waals surface area (Å²) in [6.07, 6.45) is 1.67. The standard InChI is InChI=1S/C21H27N5O4/c1-2-30-21(29)25-12-10-24(11-13-25)15-6-5-9-26(14-15)20(28)18-16-7-3-4-8-17(16)19(27)23-22-18/h3-4,7-8,15H,2,5-6,9-14H2,1H3,(H,23,27)/t15-/m1/s1. The number of likely N-dealkylation sites (tertiary alicyclic amines) is 1. The topological polar surface area (TPSA) is 98.8 Å². The molecule has 160 valence electrons. The molecule has 2 saturated heterocycles. The molecule has 2 aliphatic heterocycles. The number of nitrogens with zero attached hydrogens (tertiary/aromatic N) is 4. The highest BCUT2D eigenvalue weighted by Gasteiger charge is 2.32. The minimum atomic E-state index is -0.293. The SMILES string of the molecule is CCOC(=O)N1CCN([C@@H]2CCCN(C(=O)c3n[nH]c(=O)c4ccccc34)C2)CC1. The van der Waals surface area contributed by atoms with Gasteiger partial charge in [-0.05, 0) is 25.8 Å². The maximum atomic E-state index is 13.2. The largest absolute Gasteiger partial charge is 0.450 e. The summed E-state index contributed by atoms with van der Waals surface area (Å²) in [4.78, 5) is 43.1. The molecule has 3 heterocycles. The number of piperidine rings is 1. The average Bonchev–Trinajstić information content (AvgIpc) is 2.79. The van der Waals surface area contributed by atoms with Gasteiger partial charge in [0.15, 0.2) is 5.69 Å². The second-order valence-corrected chi connectivity index (χ2v) is 7.72. The fraction of sp³-hybridized carbons (Fsp3) is 0.524. The Morgan fingerprint density at radius 3 is 2.57 bits per heavy atom. The smallest absolute Gasteiger partial charge is 0.409 e. The third kappa shape index (κ3) is 4.02. The van der Waals surface area contributed by atoms with Crippen LogP contribution in [0.2, 0.25) is 0 Å². The van der Waals surface area contributed by atoms with Crippen LogP contribution in [0.1, 0.15) is 30.3 Å². The van der Waals surface area contributed by atoms with Crippen molar-refractivity contribution in [1.29, 1.82) is 0 Å². The highest BCUT2D eigenvalue weighted by Crippen LogP contribution is 2.21. The molecule has 9 nitrogen and oxygen atoms in total. The lowest BCUT2D eigenvalue weighted by Gasteiger charge is -2.43. The first-order valence-electron chi connectivity index (χ1n) is 10.5. The molecule has 1 N–H and O–H groups in total. The van der Waals surface area contributed by atoms with Crippen LogP contribution in [0.15, 0.2) is 29.1 Å². The number of carbonyl (C=O) groups excluding carboxylic acids is 2. The molecule has 2 fully saturated rings. The normalized spacial score (nSPS) is 20.4. The zero-order chi connectivity index (χ0) is 21.1. The lowest BCUT2D eigenvalue weighted by atomic mass is 10.0. The number of fused-ring (bicyclic) bond motifs is 1. The number of carbonyl (C=O) groups is 2. The molecule has 0 spiro atoms. The van der Waals surface area contributed by atoms with E-state index in [-0.39, 0.29) is 29.3 Å². The van der Waals surface area contributed by atoms with E-state index in [1.807, 2.05) is 17.9 Å². The molecule has 0 saturated carbocycles. The average molecular weight is 413 g/mol. The maximum Gasteiger partial charge on any atom is 0.409 e. The van der Waals surface area contributed by atoms with Crippen molar-refractivity contribution in [3.05, 3.63) is 40.3 Å². The van der Waals surface area contributed by atoms with E-state index in [1.54, 1.807) is 23.1 Å². The van der Waals surface area contributed by atoms with Gasteiger partial charge in [-0.3, -0.25) is 14.5 Å². The molecule has 2 aromatic rings. The number of hydrogen-bond donors (Lipinski definition) is 1. The Bertz CT molecular complexity index is 983. The van der Waals surface area contributed by atoms with Gasteiger partial charge in [0.25, 0.3) is 11.5 Å². The molecule has 0 radical (unpaired) electrons. The Kier molecular flexibility index (Phi) is 5.98. The van der Waals surface area contributed by atoms with Gasteiger partial charge in [-0.2, -0.15) is 5.10 Å². The van der Waals surface area contributed by atoms with Gasteiger partial charge >= 0.3 is 6.09 Å². The Labute approximate surface area is 174 Å². The van der Waals surface area contributed by atoms with Gasteiger partial charge < -0.3 is 14.5 Å². The van der Waals surface area contributed by atoms with Crippen LogP contribution in [-0.4, -0.2) is 88.8 Å². The molecule has 0 bridgehead atoms. The lowest BCUT2D eigenvalue weighted by Crippen LogP contribution is -2.56. The van der Waals surface area contributed by atoms with E-state index in [0.717, 1.165) is 25.9 Å². The number of benzene rings is 1. The van der Waals surface area contributed by atoms with Gasteiger partial charge in [0.2, 0.25) is 0 Å². The van der Waals surface area contributed by atoms with E-state index >= 15 is 0 Å². The number of rotatable bonds is 3. The molecular formula is C21H27N5O4. The molecular weight excluding hydrogens is 386 g/mol. The molecule has 4 rings (SSSR count). The van der Waals surface area contributed by atoms with E-state index < -0.39 is 0 Å². The first kappa shape index (κ1) is 20.3. The van der Waals surface area contributed by atoms with Gasteiger partial charge in [0.05, 0.1) is 12.0 Å². The van der Waals surface area contributed by atoms with Crippen molar-refractivity contribution >= 4 is 22.8 Å². The quantitative estimate of drug-likeness (QED) is 0.815. The van der Waals surface area contributed by atoms with E-state index in [9.17, 15) is 14.4 Å². The summed E-state index contributed by atoms with van der Waals surface area (Å²) >= 11 is 0. The summed E-state index contributed by atoms with van der Waals surface area (Å²) < 4.78 is 5.09. The highest BCUT2D eigenvalue weighted by molar-refractivity contribution is 6.04. The number of H-pyrrole nitrogens is 1. The molecule has 9 heteroatoms. The summed E-state index contributed by atoms with van der Waals surface area (Å²) in [5, 5.41) is 7.57. The summed E-state index contributed by atoms with van der Waals surface area (Å²) in [6, 6.07) is 7.30. The zero-order valence-electron chi connectivity index (χ0n) is 17.2. The monoisotopic (exact) mass is 413 g/mol. The van der Waals surface area contributed by atoms with Crippen molar-refractivity contribution in [2.75, 3.05) is 45.9 Å². The Balaban J connectivity index is 1.44. The molecule has 2 aliphatic rings. The molecule has 2 amide bonds. The van der Waals surface area contributed by atoms with Crippen LogP contribution >= 0.6 is 0 Å². The fourth-order valence-electron chi connectivity index (χ4n) is 4.35. The molecule has 1 atom stereocenters. The van der Waals surface area contributed by atoms with E-state index in [2.05, 4.69) is 15.1 Å². The fourth-order valence-corrected chi connectivity index (χ4v) is 4.35. The van der Waals surface area contributed by atoms with Crippen molar-refractivity contribution in [1.82, 2.24) is 24.9 Å². The predicted molar refractivity (Wildman–Crippen MR) is 111 cm³/mol. The number of hydrogen-bond acceptors (Lipinski definition) is 6. The molecule has 1 aromatic carbocycles. The Morgan fingerprint density at radius 1 is 1.10 bits per heavy atom. The van der Waals surface area contributed by atoms with Gasteiger partial charge in [0, 0.05) is 50.7 Å². The molecule has 0 unspecified atom stereocenters. The molecule has 0 aliphatic carbocycles. The maximum absolute atomic E-state index is 13.2. The lowest BCUT2D eigenvalue weighted by molar-refractivity contribution is 0.0376. The number of aromatic amines is 1. The van der Waals surface area contributed by atoms with Crippen LogP contribution in [0.25, 0.3) is 10.8 Å². The van der Waals surface area contributed by atoms with Crippen molar-refractivity contribution in [3.63, 3.8) is 0 Å². The van der Waals surface area contributed by atoms with Crippen LogP contribution in [0.5, 0.6) is 0 Å². The van der Waals surface area contributed by atoms with E-state index in [4.69, 9.17) is 4.74 Å². The van der Waals surface area contributed by atoms with Gasteiger partial charge in [-0.25, -0.2) is 9.89 Å². The van der Waals surface area contributed by atoms with Crippen molar-refractivity contribution < 1.29 is 14.3 Å². The molecule has 1 aromatic heterocycles.